The van der Waals surface area contributed by atoms with Crippen molar-refractivity contribution in [3.63, 3.8) is 0 Å². The van der Waals surface area contributed by atoms with Crippen LogP contribution in [-0.4, -0.2) is 32.2 Å². The summed E-state index contributed by atoms with van der Waals surface area (Å²) in [5.74, 6) is -0.351. The first-order valence-electron chi connectivity index (χ1n) is 8.61. The standard InChI is InChI=1S/C20H25BrN2O3S/c1-13-9-14(2)20(15(3)10-13)27(25,26)23(5)12-19(24)22-16(4)17-7-6-8-18(21)11-17/h6-11,16H,12H2,1-5H3,(H,22,24)/t16-/m1/s1. The molecule has 0 radical (unpaired) electrons. The Bertz CT molecular complexity index is 934. The third-order valence-electron chi connectivity index (χ3n) is 4.37. The third kappa shape index (κ3) is 5.18. The van der Waals surface area contributed by atoms with E-state index >= 15 is 0 Å². The Kier molecular flexibility index (Phi) is 6.83. The highest BCUT2D eigenvalue weighted by Gasteiger charge is 2.27. The maximum absolute atomic E-state index is 13.0. The second-order valence-corrected chi connectivity index (χ2v) is 9.73. The summed E-state index contributed by atoms with van der Waals surface area (Å²) >= 11 is 3.41. The lowest BCUT2D eigenvalue weighted by molar-refractivity contribution is -0.121. The second-order valence-electron chi connectivity index (χ2n) is 6.83. The van der Waals surface area contributed by atoms with Crippen LogP contribution in [-0.2, 0) is 14.8 Å². The molecule has 0 aliphatic heterocycles. The molecule has 0 aliphatic carbocycles. The lowest BCUT2D eigenvalue weighted by Gasteiger charge is -2.21. The van der Waals surface area contributed by atoms with Crippen molar-refractivity contribution in [1.82, 2.24) is 9.62 Å². The van der Waals surface area contributed by atoms with Gasteiger partial charge < -0.3 is 5.32 Å². The monoisotopic (exact) mass is 452 g/mol. The molecular formula is C20H25BrN2O3S. The summed E-state index contributed by atoms with van der Waals surface area (Å²) in [4.78, 5) is 12.7. The summed E-state index contributed by atoms with van der Waals surface area (Å²) in [5, 5.41) is 2.85. The molecule has 7 heteroatoms. The number of nitrogens with zero attached hydrogens (tertiary/aromatic N) is 1. The van der Waals surface area contributed by atoms with E-state index in [1.807, 2.05) is 50.2 Å². The van der Waals surface area contributed by atoms with Gasteiger partial charge in [-0.2, -0.15) is 4.31 Å². The van der Waals surface area contributed by atoms with E-state index in [9.17, 15) is 13.2 Å². The Balaban J connectivity index is 2.14. The van der Waals surface area contributed by atoms with Crippen molar-refractivity contribution in [2.75, 3.05) is 13.6 Å². The van der Waals surface area contributed by atoms with Gasteiger partial charge in [-0.15, -0.1) is 0 Å². The highest BCUT2D eigenvalue weighted by Crippen LogP contribution is 2.24. The van der Waals surface area contributed by atoms with Crippen LogP contribution in [0.4, 0.5) is 0 Å². The molecule has 0 saturated carbocycles. The molecule has 2 aromatic rings. The van der Waals surface area contributed by atoms with Gasteiger partial charge in [0, 0.05) is 11.5 Å². The van der Waals surface area contributed by atoms with Crippen molar-refractivity contribution >= 4 is 31.9 Å². The maximum Gasteiger partial charge on any atom is 0.243 e. The molecule has 0 aromatic heterocycles. The van der Waals surface area contributed by atoms with Crippen molar-refractivity contribution in [2.45, 2.75) is 38.6 Å². The van der Waals surface area contributed by atoms with Crippen molar-refractivity contribution in [3.8, 4) is 0 Å². The zero-order valence-electron chi connectivity index (χ0n) is 16.2. The van der Waals surface area contributed by atoms with Gasteiger partial charge in [-0.1, -0.05) is 45.8 Å². The summed E-state index contributed by atoms with van der Waals surface area (Å²) < 4.78 is 27.9. The molecule has 0 saturated heterocycles. The minimum Gasteiger partial charge on any atom is -0.348 e. The van der Waals surface area contributed by atoms with Gasteiger partial charge in [0.1, 0.15) is 0 Å². The Morgan fingerprint density at radius 1 is 1.15 bits per heavy atom. The van der Waals surface area contributed by atoms with E-state index in [4.69, 9.17) is 0 Å². The lowest BCUT2D eigenvalue weighted by atomic mass is 10.1. The van der Waals surface area contributed by atoms with Crippen molar-refractivity contribution < 1.29 is 13.2 Å². The first kappa shape index (κ1) is 21.6. The summed E-state index contributed by atoms with van der Waals surface area (Å²) in [6, 6.07) is 11.1. The molecule has 2 rings (SSSR count). The first-order chi connectivity index (χ1) is 12.5. The van der Waals surface area contributed by atoms with Crippen molar-refractivity contribution in [1.29, 1.82) is 0 Å². The van der Waals surface area contributed by atoms with E-state index in [2.05, 4.69) is 21.2 Å². The second kappa shape index (κ2) is 8.54. The number of halogens is 1. The maximum atomic E-state index is 13.0. The molecule has 1 atom stereocenters. The van der Waals surface area contributed by atoms with Gasteiger partial charge in [-0.05, 0) is 56.5 Å². The van der Waals surface area contributed by atoms with Crippen LogP contribution in [0.15, 0.2) is 45.8 Å². The van der Waals surface area contributed by atoms with E-state index in [1.165, 1.54) is 7.05 Å². The number of likely N-dealkylation sites (N-methyl/N-ethyl adjacent to an activating group) is 1. The van der Waals surface area contributed by atoms with Gasteiger partial charge in [-0.3, -0.25) is 4.79 Å². The van der Waals surface area contributed by atoms with E-state index in [-0.39, 0.29) is 23.4 Å². The highest BCUT2D eigenvalue weighted by atomic mass is 79.9. The molecule has 1 N–H and O–H groups in total. The van der Waals surface area contributed by atoms with Gasteiger partial charge in [0.05, 0.1) is 17.5 Å². The summed E-state index contributed by atoms with van der Waals surface area (Å²) in [7, 11) is -2.33. The van der Waals surface area contributed by atoms with Gasteiger partial charge >= 0.3 is 0 Å². The van der Waals surface area contributed by atoms with Crippen molar-refractivity contribution in [2.24, 2.45) is 0 Å². The van der Waals surface area contributed by atoms with Gasteiger partial charge in [0.2, 0.25) is 15.9 Å². The number of hydrogen-bond acceptors (Lipinski definition) is 3. The molecule has 0 heterocycles. The first-order valence-corrected chi connectivity index (χ1v) is 10.8. The van der Waals surface area contributed by atoms with Crippen LogP contribution >= 0.6 is 15.9 Å². The van der Waals surface area contributed by atoms with Gasteiger partial charge in [0.25, 0.3) is 0 Å². The third-order valence-corrected chi connectivity index (χ3v) is 6.97. The molecule has 5 nitrogen and oxygen atoms in total. The van der Waals surface area contributed by atoms with E-state index < -0.39 is 10.0 Å². The number of carbonyl (C=O) groups is 1. The fraction of sp³-hybridized carbons (Fsp3) is 0.350. The van der Waals surface area contributed by atoms with Crippen LogP contribution in [0.1, 0.15) is 35.2 Å². The molecule has 27 heavy (non-hydrogen) atoms. The highest BCUT2D eigenvalue weighted by molar-refractivity contribution is 9.10. The van der Waals surface area contributed by atoms with Crippen LogP contribution in [0, 0.1) is 20.8 Å². The average molecular weight is 453 g/mol. The average Bonchev–Trinajstić information content (AvgIpc) is 2.53. The predicted octanol–water partition coefficient (Wildman–Crippen LogP) is 3.87. The Morgan fingerprint density at radius 2 is 1.74 bits per heavy atom. The molecule has 0 spiro atoms. The lowest BCUT2D eigenvalue weighted by Crippen LogP contribution is -2.39. The summed E-state index contributed by atoms with van der Waals surface area (Å²) in [6.45, 7) is 7.10. The fourth-order valence-corrected chi connectivity index (χ4v) is 5.11. The minimum absolute atomic E-state index is 0.228. The predicted molar refractivity (Wildman–Crippen MR) is 111 cm³/mol. The SMILES string of the molecule is Cc1cc(C)c(S(=O)(=O)N(C)CC(=O)N[C@H](C)c2cccc(Br)c2)c(C)c1. The van der Waals surface area contributed by atoms with Crippen LogP contribution in [0.5, 0.6) is 0 Å². The largest absolute Gasteiger partial charge is 0.348 e. The molecule has 0 fully saturated rings. The van der Waals surface area contributed by atoms with Crippen LogP contribution in [0.3, 0.4) is 0 Å². The number of sulfonamides is 1. The molecule has 2 aromatic carbocycles. The van der Waals surface area contributed by atoms with E-state index in [1.54, 1.807) is 13.8 Å². The molecule has 0 bridgehead atoms. The number of benzene rings is 2. The molecule has 0 unspecified atom stereocenters. The van der Waals surface area contributed by atoms with Crippen LogP contribution in [0.25, 0.3) is 0 Å². The molecule has 1 amide bonds. The van der Waals surface area contributed by atoms with Gasteiger partial charge in [0.15, 0.2) is 0 Å². The van der Waals surface area contributed by atoms with Crippen LogP contribution < -0.4 is 5.32 Å². The van der Waals surface area contributed by atoms with E-state index in [0.29, 0.717) is 11.1 Å². The van der Waals surface area contributed by atoms with E-state index in [0.717, 1.165) is 19.9 Å². The number of hydrogen-bond donors (Lipinski definition) is 1. The molecule has 0 aliphatic rings. The Morgan fingerprint density at radius 3 is 2.30 bits per heavy atom. The topological polar surface area (TPSA) is 66.5 Å². The van der Waals surface area contributed by atoms with Crippen LogP contribution in [0.2, 0.25) is 0 Å². The summed E-state index contributed by atoms with van der Waals surface area (Å²) in [6.07, 6.45) is 0. The zero-order valence-corrected chi connectivity index (χ0v) is 18.6. The minimum atomic E-state index is -3.75. The zero-order chi connectivity index (χ0) is 20.4. The normalized spacial score (nSPS) is 12.9. The number of amides is 1. The smallest absolute Gasteiger partial charge is 0.243 e. The number of nitrogens with one attached hydrogen (secondary N) is 1. The fourth-order valence-electron chi connectivity index (χ4n) is 3.16. The van der Waals surface area contributed by atoms with Gasteiger partial charge in [-0.25, -0.2) is 8.42 Å². The number of carbonyl (C=O) groups excluding carboxylic acids is 1. The summed E-state index contributed by atoms with van der Waals surface area (Å²) in [5.41, 5.74) is 3.31. The van der Waals surface area contributed by atoms with Crippen molar-refractivity contribution in [3.05, 3.63) is 63.1 Å². The Hall–Kier alpha value is -1.70. The Labute approximate surface area is 170 Å². The number of rotatable bonds is 6. The molecular weight excluding hydrogens is 428 g/mol. The molecule has 146 valence electrons. The number of aryl methyl sites for hydroxylation is 3. The quantitative estimate of drug-likeness (QED) is 0.722.